The SMILES string of the molecule is Cc1cnccc1-c1cc(Br)nc(C(C)C)n1. The molecule has 0 saturated heterocycles. The first-order valence-electron chi connectivity index (χ1n) is 5.53. The van der Waals surface area contributed by atoms with E-state index in [1.165, 1.54) is 0 Å². The number of nitrogens with zero attached hydrogens (tertiary/aromatic N) is 3. The van der Waals surface area contributed by atoms with Crippen LogP contribution in [0.15, 0.2) is 29.1 Å². The molecule has 3 nitrogen and oxygen atoms in total. The van der Waals surface area contributed by atoms with E-state index in [1.54, 1.807) is 6.20 Å². The smallest absolute Gasteiger partial charge is 0.132 e. The minimum atomic E-state index is 0.313. The molecule has 0 spiro atoms. The van der Waals surface area contributed by atoms with Crippen molar-refractivity contribution in [2.75, 3.05) is 0 Å². The Balaban J connectivity index is 2.56. The molecule has 0 fully saturated rings. The van der Waals surface area contributed by atoms with Crippen molar-refractivity contribution in [1.82, 2.24) is 15.0 Å². The van der Waals surface area contributed by atoms with Gasteiger partial charge in [0.25, 0.3) is 0 Å². The van der Waals surface area contributed by atoms with Gasteiger partial charge in [0.2, 0.25) is 0 Å². The zero-order valence-electron chi connectivity index (χ0n) is 10.1. The molecule has 17 heavy (non-hydrogen) atoms. The molecule has 2 rings (SSSR count). The van der Waals surface area contributed by atoms with Crippen LogP contribution in [0.25, 0.3) is 11.3 Å². The van der Waals surface area contributed by atoms with Crippen LogP contribution in [0, 0.1) is 6.92 Å². The van der Waals surface area contributed by atoms with Crippen LogP contribution in [-0.2, 0) is 0 Å². The number of hydrogen-bond donors (Lipinski definition) is 0. The van der Waals surface area contributed by atoms with Gasteiger partial charge in [0.05, 0.1) is 5.69 Å². The molecule has 0 atom stereocenters. The third-order valence-electron chi connectivity index (χ3n) is 2.52. The Morgan fingerprint density at radius 1 is 1.24 bits per heavy atom. The minimum Gasteiger partial charge on any atom is -0.264 e. The predicted octanol–water partition coefficient (Wildman–Crippen LogP) is 3.73. The van der Waals surface area contributed by atoms with Gasteiger partial charge in [0.15, 0.2) is 0 Å². The summed E-state index contributed by atoms with van der Waals surface area (Å²) >= 11 is 3.44. The fourth-order valence-electron chi connectivity index (χ4n) is 1.59. The number of aromatic nitrogens is 3. The van der Waals surface area contributed by atoms with Crippen molar-refractivity contribution in [3.63, 3.8) is 0 Å². The topological polar surface area (TPSA) is 38.7 Å². The normalized spacial score (nSPS) is 10.9. The first-order valence-corrected chi connectivity index (χ1v) is 6.32. The van der Waals surface area contributed by atoms with Crippen LogP contribution in [0.2, 0.25) is 0 Å². The minimum absolute atomic E-state index is 0.313. The molecule has 88 valence electrons. The van der Waals surface area contributed by atoms with Gasteiger partial charge in [-0.25, -0.2) is 9.97 Å². The van der Waals surface area contributed by atoms with Crippen LogP contribution in [-0.4, -0.2) is 15.0 Å². The lowest BCUT2D eigenvalue weighted by Crippen LogP contribution is -2.00. The summed E-state index contributed by atoms with van der Waals surface area (Å²) < 4.78 is 0.822. The zero-order chi connectivity index (χ0) is 12.4. The Morgan fingerprint density at radius 2 is 2.00 bits per heavy atom. The number of pyridine rings is 1. The summed E-state index contributed by atoms with van der Waals surface area (Å²) in [6.45, 7) is 6.21. The van der Waals surface area contributed by atoms with Crippen LogP contribution in [0.4, 0.5) is 0 Å². The molecule has 0 aliphatic heterocycles. The molecule has 0 N–H and O–H groups in total. The van der Waals surface area contributed by atoms with E-state index >= 15 is 0 Å². The van der Waals surface area contributed by atoms with E-state index in [0.29, 0.717) is 5.92 Å². The summed E-state index contributed by atoms with van der Waals surface area (Å²) in [4.78, 5) is 13.1. The van der Waals surface area contributed by atoms with Crippen molar-refractivity contribution in [3.05, 3.63) is 40.5 Å². The van der Waals surface area contributed by atoms with Crippen LogP contribution < -0.4 is 0 Å². The highest BCUT2D eigenvalue weighted by molar-refractivity contribution is 9.10. The second-order valence-electron chi connectivity index (χ2n) is 4.28. The monoisotopic (exact) mass is 291 g/mol. The van der Waals surface area contributed by atoms with Crippen molar-refractivity contribution >= 4 is 15.9 Å². The van der Waals surface area contributed by atoms with E-state index in [9.17, 15) is 0 Å². The van der Waals surface area contributed by atoms with Crippen molar-refractivity contribution in [2.24, 2.45) is 0 Å². The predicted molar refractivity (Wildman–Crippen MR) is 71.8 cm³/mol. The average Bonchev–Trinajstić information content (AvgIpc) is 2.28. The highest BCUT2D eigenvalue weighted by atomic mass is 79.9. The molecule has 0 unspecified atom stereocenters. The van der Waals surface area contributed by atoms with Crippen LogP contribution in [0.1, 0.15) is 31.2 Å². The summed E-state index contributed by atoms with van der Waals surface area (Å²) in [5.74, 6) is 1.17. The van der Waals surface area contributed by atoms with Crippen molar-refractivity contribution in [2.45, 2.75) is 26.7 Å². The molecule has 2 aromatic rings. The molecule has 2 aromatic heterocycles. The first-order chi connectivity index (χ1) is 8.08. The number of halogens is 1. The van der Waals surface area contributed by atoms with E-state index < -0.39 is 0 Å². The van der Waals surface area contributed by atoms with Gasteiger partial charge in [-0.15, -0.1) is 0 Å². The van der Waals surface area contributed by atoms with Gasteiger partial charge < -0.3 is 0 Å². The zero-order valence-corrected chi connectivity index (χ0v) is 11.7. The quantitative estimate of drug-likeness (QED) is 0.792. The molecule has 0 saturated carbocycles. The highest BCUT2D eigenvalue weighted by Gasteiger charge is 2.09. The molecule has 0 aromatic carbocycles. The van der Waals surface area contributed by atoms with Gasteiger partial charge in [-0.2, -0.15) is 0 Å². The maximum absolute atomic E-state index is 4.60. The van der Waals surface area contributed by atoms with Gasteiger partial charge in [0.1, 0.15) is 10.4 Å². The van der Waals surface area contributed by atoms with E-state index in [1.807, 2.05) is 25.3 Å². The summed E-state index contributed by atoms with van der Waals surface area (Å²) in [6, 6.07) is 3.92. The fourth-order valence-corrected chi connectivity index (χ4v) is 1.99. The van der Waals surface area contributed by atoms with E-state index in [-0.39, 0.29) is 0 Å². The molecule has 0 radical (unpaired) electrons. The van der Waals surface area contributed by atoms with Crippen LogP contribution in [0.3, 0.4) is 0 Å². The number of hydrogen-bond acceptors (Lipinski definition) is 3. The van der Waals surface area contributed by atoms with E-state index in [2.05, 4.69) is 44.7 Å². The molecule has 0 aliphatic carbocycles. The maximum atomic E-state index is 4.60. The molecule has 4 heteroatoms. The standard InChI is InChI=1S/C13H14BrN3/c1-8(2)13-16-11(6-12(14)17-13)10-4-5-15-7-9(10)3/h4-8H,1-3H3. The molecule has 2 heterocycles. The van der Waals surface area contributed by atoms with Gasteiger partial charge in [0, 0.05) is 23.9 Å². The Labute approximate surface area is 109 Å². The van der Waals surface area contributed by atoms with Crippen LogP contribution >= 0.6 is 15.9 Å². The molecule has 0 amide bonds. The van der Waals surface area contributed by atoms with Crippen molar-refractivity contribution in [3.8, 4) is 11.3 Å². The Hall–Kier alpha value is -1.29. The molecule has 0 bridgehead atoms. The highest BCUT2D eigenvalue weighted by Crippen LogP contribution is 2.24. The Morgan fingerprint density at radius 3 is 2.65 bits per heavy atom. The maximum Gasteiger partial charge on any atom is 0.132 e. The third kappa shape index (κ3) is 2.69. The van der Waals surface area contributed by atoms with Crippen molar-refractivity contribution in [1.29, 1.82) is 0 Å². The third-order valence-corrected chi connectivity index (χ3v) is 2.93. The Kier molecular flexibility index (Phi) is 3.52. The molecular formula is C13H14BrN3. The number of rotatable bonds is 2. The Bertz CT molecular complexity index is 538. The lowest BCUT2D eigenvalue weighted by molar-refractivity contribution is 0.771. The second-order valence-corrected chi connectivity index (χ2v) is 5.09. The van der Waals surface area contributed by atoms with Crippen molar-refractivity contribution < 1.29 is 0 Å². The molecular weight excluding hydrogens is 278 g/mol. The lowest BCUT2D eigenvalue weighted by Gasteiger charge is -2.09. The largest absolute Gasteiger partial charge is 0.264 e. The van der Waals surface area contributed by atoms with Crippen LogP contribution in [0.5, 0.6) is 0 Å². The summed E-state index contributed by atoms with van der Waals surface area (Å²) in [5, 5.41) is 0. The van der Waals surface area contributed by atoms with Gasteiger partial charge in [-0.1, -0.05) is 13.8 Å². The van der Waals surface area contributed by atoms with Gasteiger partial charge in [-0.05, 0) is 40.5 Å². The lowest BCUT2D eigenvalue weighted by atomic mass is 10.1. The summed E-state index contributed by atoms with van der Waals surface area (Å²) in [7, 11) is 0. The second kappa shape index (κ2) is 4.92. The van der Waals surface area contributed by atoms with E-state index in [4.69, 9.17) is 0 Å². The van der Waals surface area contributed by atoms with Gasteiger partial charge >= 0.3 is 0 Å². The number of aryl methyl sites for hydroxylation is 1. The first kappa shape index (κ1) is 12.2. The molecule has 0 aliphatic rings. The fraction of sp³-hybridized carbons (Fsp3) is 0.308. The summed E-state index contributed by atoms with van der Waals surface area (Å²) in [5.41, 5.74) is 3.16. The van der Waals surface area contributed by atoms with Gasteiger partial charge in [-0.3, -0.25) is 4.98 Å². The van der Waals surface area contributed by atoms with E-state index in [0.717, 1.165) is 27.2 Å². The average molecular weight is 292 g/mol. The summed E-state index contributed by atoms with van der Waals surface area (Å²) in [6.07, 6.45) is 3.63.